The number of fused-ring (bicyclic) bond motifs is 2. The Balaban J connectivity index is 1.63. The summed E-state index contributed by atoms with van der Waals surface area (Å²) in [6, 6.07) is 9.39. The van der Waals surface area contributed by atoms with Crippen LogP contribution >= 0.6 is 11.3 Å². The zero-order chi connectivity index (χ0) is 16.1. The first kappa shape index (κ1) is 14.4. The third-order valence-electron chi connectivity index (χ3n) is 4.41. The molecule has 118 valence electrons. The molecule has 2 heterocycles. The molecule has 4 rings (SSSR count). The average Bonchev–Trinajstić information content (AvgIpc) is 3.16. The van der Waals surface area contributed by atoms with Crippen molar-refractivity contribution in [2.24, 2.45) is 7.05 Å². The molecule has 2 N–H and O–H groups in total. The number of rotatable bonds is 2. The fourth-order valence-electron chi connectivity index (χ4n) is 3.28. The highest BCUT2D eigenvalue weighted by atomic mass is 32.1. The number of carbonyl (C=O) groups is 1. The topological polar surface area (TPSA) is 67.2 Å². The van der Waals surface area contributed by atoms with Gasteiger partial charge in [0.2, 0.25) is 0 Å². The van der Waals surface area contributed by atoms with Crippen molar-refractivity contribution in [1.29, 1.82) is 0 Å². The van der Waals surface area contributed by atoms with Gasteiger partial charge in [0.05, 0.1) is 22.7 Å². The molecule has 3 aromatic rings. The van der Waals surface area contributed by atoms with E-state index in [0.717, 1.165) is 27.0 Å². The maximum absolute atomic E-state index is 12.6. The number of carbonyl (C=O) groups excluding carboxylic acids is 1. The number of thiophene rings is 1. The number of amides is 1. The van der Waals surface area contributed by atoms with Crippen molar-refractivity contribution in [3.05, 3.63) is 52.0 Å². The molecule has 2 unspecified atom stereocenters. The lowest BCUT2D eigenvalue weighted by molar-refractivity contribution is 0.0862. The molecular formula is C17H17N3O2S. The smallest absolute Gasteiger partial charge is 0.262 e. The second-order valence-corrected chi connectivity index (χ2v) is 6.99. The summed E-state index contributed by atoms with van der Waals surface area (Å²) >= 11 is 1.43. The van der Waals surface area contributed by atoms with Crippen LogP contribution in [0.3, 0.4) is 0 Å². The van der Waals surface area contributed by atoms with Gasteiger partial charge in [-0.25, -0.2) is 0 Å². The summed E-state index contributed by atoms with van der Waals surface area (Å²) in [5.41, 5.74) is 3.03. The zero-order valence-corrected chi connectivity index (χ0v) is 13.7. The number of aromatic nitrogens is 2. The molecule has 0 saturated heterocycles. The lowest BCUT2D eigenvalue weighted by Crippen LogP contribution is -2.33. The summed E-state index contributed by atoms with van der Waals surface area (Å²) in [7, 11) is 1.88. The van der Waals surface area contributed by atoms with E-state index in [9.17, 15) is 9.90 Å². The first-order valence-corrected chi connectivity index (χ1v) is 8.36. The second-order valence-electron chi connectivity index (χ2n) is 5.96. The lowest BCUT2D eigenvalue weighted by Gasteiger charge is -2.17. The monoisotopic (exact) mass is 327 g/mol. The van der Waals surface area contributed by atoms with Crippen LogP contribution in [0.4, 0.5) is 0 Å². The van der Waals surface area contributed by atoms with Gasteiger partial charge in [-0.2, -0.15) is 5.10 Å². The molecule has 2 aromatic heterocycles. The Morgan fingerprint density at radius 1 is 1.43 bits per heavy atom. The first-order chi connectivity index (χ1) is 11.0. The molecule has 2 atom stereocenters. The number of hydrogen-bond acceptors (Lipinski definition) is 4. The van der Waals surface area contributed by atoms with Crippen LogP contribution in [0.1, 0.15) is 32.5 Å². The van der Waals surface area contributed by atoms with E-state index >= 15 is 0 Å². The van der Waals surface area contributed by atoms with Crippen molar-refractivity contribution in [2.45, 2.75) is 25.5 Å². The highest BCUT2D eigenvalue weighted by Gasteiger charge is 2.32. The zero-order valence-electron chi connectivity index (χ0n) is 12.9. The predicted molar refractivity (Wildman–Crippen MR) is 89.7 cm³/mol. The molecule has 0 fully saturated rings. The quantitative estimate of drug-likeness (QED) is 0.759. The summed E-state index contributed by atoms with van der Waals surface area (Å²) < 4.78 is 1.80. The normalized spacial score (nSPS) is 20.0. The molecule has 23 heavy (non-hydrogen) atoms. The molecule has 0 bridgehead atoms. The molecule has 1 aliphatic rings. The van der Waals surface area contributed by atoms with Gasteiger partial charge in [0.25, 0.3) is 5.91 Å². The Hall–Kier alpha value is -2.18. The maximum Gasteiger partial charge on any atom is 0.262 e. The highest BCUT2D eigenvalue weighted by molar-refractivity contribution is 7.20. The summed E-state index contributed by atoms with van der Waals surface area (Å²) in [5, 5.41) is 18.6. The van der Waals surface area contributed by atoms with Crippen molar-refractivity contribution in [3.63, 3.8) is 0 Å². The fraction of sp³-hybridized carbons (Fsp3) is 0.294. The van der Waals surface area contributed by atoms with Crippen molar-refractivity contribution >= 4 is 27.5 Å². The minimum atomic E-state index is -0.575. The van der Waals surface area contributed by atoms with Gasteiger partial charge in [0.1, 0.15) is 4.83 Å². The fourth-order valence-corrected chi connectivity index (χ4v) is 4.30. The minimum Gasteiger partial charge on any atom is -0.390 e. The van der Waals surface area contributed by atoms with Crippen molar-refractivity contribution in [2.75, 3.05) is 0 Å². The summed E-state index contributed by atoms with van der Waals surface area (Å²) in [4.78, 5) is 14.2. The number of aryl methyl sites for hydroxylation is 2. The first-order valence-electron chi connectivity index (χ1n) is 7.54. The third kappa shape index (κ3) is 2.26. The Morgan fingerprint density at radius 2 is 2.22 bits per heavy atom. The summed E-state index contributed by atoms with van der Waals surface area (Å²) in [6.07, 6.45) is 0.00505. The second kappa shape index (κ2) is 5.18. The molecular weight excluding hydrogens is 310 g/mol. The molecule has 0 saturated carbocycles. The van der Waals surface area contributed by atoms with Crippen molar-refractivity contribution in [3.8, 4) is 0 Å². The standard InChI is InChI=1S/C17H17N3O2S/c1-9-12-8-14(23-17(12)20(2)19-9)16(22)18-15-11-6-4-3-5-10(11)7-13(15)21/h3-6,8,13,15,21H,7H2,1-2H3,(H,18,22). The van der Waals surface area contributed by atoms with Gasteiger partial charge in [-0.1, -0.05) is 24.3 Å². The molecule has 1 aromatic carbocycles. The molecule has 6 heteroatoms. The van der Waals surface area contributed by atoms with Gasteiger partial charge in [0, 0.05) is 18.9 Å². The van der Waals surface area contributed by atoms with Gasteiger partial charge in [0.15, 0.2) is 0 Å². The van der Waals surface area contributed by atoms with Gasteiger partial charge in [-0.3, -0.25) is 9.48 Å². The van der Waals surface area contributed by atoms with Crippen LogP contribution in [-0.4, -0.2) is 26.9 Å². The SMILES string of the molecule is Cc1nn(C)c2sc(C(=O)NC3c4ccccc4CC3O)cc12. The molecule has 1 amide bonds. The van der Waals surface area contributed by atoms with Crippen LogP contribution in [0.15, 0.2) is 30.3 Å². The van der Waals surface area contributed by atoms with Crippen LogP contribution in [0.2, 0.25) is 0 Å². The highest BCUT2D eigenvalue weighted by Crippen LogP contribution is 2.33. The van der Waals surface area contributed by atoms with Crippen LogP contribution in [-0.2, 0) is 13.5 Å². The van der Waals surface area contributed by atoms with E-state index in [0.29, 0.717) is 11.3 Å². The Labute approximate surface area is 137 Å². The number of nitrogens with one attached hydrogen (secondary N) is 1. The van der Waals surface area contributed by atoms with Gasteiger partial charge in [-0.15, -0.1) is 11.3 Å². The predicted octanol–water partition coefficient (Wildman–Crippen LogP) is 2.33. The van der Waals surface area contributed by atoms with E-state index < -0.39 is 6.10 Å². The number of aliphatic hydroxyl groups excluding tert-OH is 1. The van der Waals surface area contributed by atoms with E-state index in [1.807, 2.05) is 44.3 Å². The van der Waals surface area contributed by atoms with E-state index in [-0.39, 0.29) is 11.9 Å². The maximum atomic E-state index is 12.6. The van der Waals surface area contributed by atoms with Crippen LogP contribution in [0.5, 0.6) is 0 Å². The number of aliphatic hydroxyl groups is 1. The van der Waals surface area contributed by atoms with Crippen LogP contribution < -0.4 is 5.32 Å². The Bertz CT molecular complexity index is 877. The molecule has 0 radical (unpaired) electrons. The van der Waals surface area contributed by atoms with Crippen LogP contribution in [0.25, 0.3) is 10.2 Å². The van der Waals surface area contributed by atoms with Crippen molar-refractivity contribution < 1.29 is 9.90 Å². The molecule has 1 aliphatic carbocycles. The average molecular weight is 327 g/mol. The number of nitrogens with zero attached hydrogens (tertiary/aromatic N) is 2. The van der Waals surface area contributed by atoms with Crippen LogP contribution in [0, 0.1) is 6.92 Å². The number of hydrogen-bond donors (Lipinski definition) is 2. The molecule has 5 nitrogen and oxygen atoms in total. The van der Waals surface area contributed by atoms with Crippen molar-refractivity contribution in [1.82, 2.24) is 15.1 Å². The van der Waals surface area contributed by atoms with Gasteiger partial charge in [-0.05, 0) is 24.1 Å². The summed E-state index contributed by atoms with van der Waals surface area (Å²) in [5.74, 6) is -0.147. The number of benzene rings is 1. The Kier molecular flexibility index (Phi) is 3.25. The molecule has 0 aliphatic heterocycles. The van der Waals surface area contributed by atoms with Gasteiger partial charge < -0.3 is 10.4 Å². The minimum absolute atomic E-state index is 0.147. The Morgan fingerprint density at radius 3 is 3.00 bits per heavy atom. The lowest BCUT2D eigenvalue weighted by atomic mass is 10.1. The summed E-state index contributed by atoms with van der Waals surface area (Å²) in [6.45, 7) is 1.94. The van der Waals surface area contributed by atoms with E-state index in [4.69, 9.17) is 0 Å². The van der Waals surface area contributed by atoms with E-state index in [1.54, 1.807) is 4.68 Å². The van der Waals surface area contributed by atoms with E-state index in [2.05, 4.69) is 10.4 Å². The third-order valence-corrected chi connectivity index (χ3v) is 5.61. The van der Waals surface area contributed by atoms with E-state index in [1.165, 1.54) is 11.3 Å². The molecule has 0 spiro atoms. The van der Waals surface area contributed by atoms with Gasteiger partial charge >= 0.3 is 0 Å². The largest absolute Gasteiger partial charge is 0.390 e.